The standard InChI is InChI=1S/C21H19Cl2N3O4/c1-3-10-26(20(27)13-29-18-9-6-15(22)11-17(18)23)12-19-24-21(25-30-19)14-4-7-16(28-2)8-5-14/h3-9,11H,1,10,12-13H2,2H3. The minimum atomic E-state index is -0.287. The number of rotatable bonds is 9. The molecule has 30 heavy (non-hydrogen) atoms. The normalized spacial score (nSPS) is 10.5. The molecule has 0 radical (unpaired) electrons. The first-order chi connectivity index (χ1) is 14.5. The van der Waals surface area contributed by atoms with E-state index in [1.165, 1.54) is 4.90 Å². The van der Waals surface area contributed by atoms with Gasteiger partial charge in [0, 0.05) is 17.1 Å². The molecular weight excluding hydrogens is 429 g/mol. The second-order valence-corrected chi connectivity index (χ2v) is 7.01. The molecule has 0 N–H and O–H groups in total. The Labute approximate surface area is 183 Å². The predicted molar refractivity (Wildman–Crippen MR) is 114 cm³/mol. The van der Waals surface area contributed by atoms with Gasteiger partial charge in [0.2, 0.25) is 11.7 Å². The lowest BCUT2D eigenvalue weighted by atomic mass is 10.2. The number of hydrogen-bond donors (Lipinski definition) is 0. The second kappa shape index (κ2) is 10.1. The molecule has 156 valence electrons. The van der Waals surface area contributed by atoms with Crippen LogP contribution in [0.2, 0.25) is 10.0 Å². The van der Waals surface area contributed by atoms with E-state index in [0.717, 1.165) is 11.3 Å². The number of nitrogens with zero attached hydrogens (tertiary/aromatic N) is 3. The van der Waals surface area contributed by atoms with Crippen LogP contribution in [0.3, 0.4) is 0 Å². The van der Waals surface area contributed by atoms with Crippen LogP contribution in [0.5, 0.6) is 11.5 Å². The molecular formula is C21H19Cl2N3O4. The summed E-state index contributed by atoms with van der Waals surface area (Å²) in [5.74, 6) is 1.52. The predicted octanol–water partition coefficient (Wildman–Crippen LogP) is 4.65. The fraction of sp³-hybridized carbons (Fsp3) is 0.190. The maximum absolute atomic E-state index is 12.6. The number of carbonyl (C=O) groups excluding carboxylic acids is 1. The summed E-state index contributed by atoms with van der Waals surface area (Å²) in [6, 6.07) is 12.0. The van der Waals surface area contributed by atoms with Gasteiger partial charge in [-0.3, -0.25) is 4.79 Å². The third-order valence-corrected chi connectivity index (χ3v) is 4.62. The zero-order chi connectivity index (χ0) is 21.5. The van der Waals surface area contributed by atoms with Gasteiger partial charge in [-0.1, -0.05) is 34.4 Å². The highest BCUT2D eigenvalue weighted by atomic mass is 35.5. The van der Waals surface area contributed by atoms with E-state index < -0.39 is 0 Å². The lowest BCUT2D eigenvalue weighted by Crippen LogP contribution is -2.34. The first-order valence-electron chi connectivity index (χ1n) is 8.93. The monoisotopic (exact) mass is 447 g/mol. The number of halogens is 2. The van der Waals surface area contributed by atoms with Gasteiger partial charge in [-0.2, -0.15) is 4.98 Å². The number of amides is 1. The molecule has 9 heteroatoms. The van der Waals surface area contributed by atoms with Crippen LogP contribution in [0.4, 0.5) is 0 Å². The smallest absolute Gasteiger partial charge is 0.261 e. The summed E-state index contributed by atoms with van der Waals surface area (Å²) in [7, 11) is 1.59. The topological polar surface area (TPSA) is 77.7 Å². The van der Waals surface area contributed by atoms with Gasteiger partial charge in [-0.15, -0.1) is 6.58 Å². The summed E-state index contributed by atoms with van der Waals surface area (Å²) in [4.78, 5) is 18.5. The van der Waals surface area contributed by atoms with Gasteiger partial charge in [-0.05, 0) is 42.5 Å². The van der Waals surface area contributed by atoms with Crippen molar-refractivity contribution in [2.45, 2.75) is 6.54 Å². The summed E-state index contributed by atoms with van der Waals surface area (Å²) in [6.45, 7) is 3.88. The van der Waals surface area contributed by atoms with Crippen molar-refractivity contribution in [3.63, 3.8) is 0 Å². The SMILES string of the molecule is C=CCN(Cc1nc(-c2ccc(OC)cc2)no1)C(=O)COc1ccc(Cl)cc1Cl. The molecule has 1 heterocycles. The van der Waals surface area contributed by atoms with E-state index in [0.29, 0.717) is 27.5 Å². The Morgan fingerprint density at radius 1 is 1.23 bits per heavy atom. The molecule has 3 rings (SSSR count). The molecule has 0 aliphatic heterocycles. The molecule has 0 saturated carbocycles. The molecule has 7 nitrogen and oxygen atoms in total. The van der Waals surface area contributed by atoms with Crippen LogP contribution < -0.4 is 9.47 Å². The van der Waals surface area contributed by atoms with Crippen LogP contribution in [0.25, 0.3) is 11.4 Å². The number of methoxy groups -OCH3 is 1. The van der Waals surface area contributed by atoms with Gasteiger partial charge < -0.3 is 18.9 Å². The van der Waals surface area contributed by atoms with Gasteiger partial charge >= 0.3 is 0 Å². The summed E-state index contributed by atoms with van der Waals surface area (Å²) in [6.07, 6.45) is 1.61. The minimum absolute atomic E-state index is 0.117. The Bertz CT molecular complexity index is 1020. The lowest BCUT2D eigenvalue weighted by Gasteiger charge is -2.19. The largest absolute Gasteiger partial charge is 0.497 e. The first-order valence-corrected chi connectivity index (χ1v) is 9.69. The molecule has 1 amide bonds. The Kier molecular flexibility index (Phi) is 7.32. The van der Waals surface area contributed by atoms with E-state index in [1.54, 1.807) is 43.5 Å². The van der Waals surface area contributed by atoms with E-state index in [4.69, 9.17) is 37.2 Å². The molecule has 1 aromatic heterocycles. The average molecular weight is 448 g/mol. The molecule has 2 aromatic carbocycles. The van der Waals surface area contributed by atoms with Gasteiger partial charge in [0.15, 0.2) is 6.61 Å². The van der Waals surface area contributed by atoms with Crippen molar-refractivity contribution in [3.8, 4) is 22.9 Å². The highest BCUT2D eigenvalue weighted by Crippen LogP contribution is 2.27. The van der Waals surface area contributed by atoms with Crippen molar-refractivity contribution in [1.29, 1.82) is 0 Å². The van der Waals surface area contributed by atoms with Crippen LogP contribution in [0.1, 0.15) is 5.89 Å². The van der Waals surface area contributed by atoms with Gasteiger partial charge in [0.1, 0.15) is 18.0 Å². The first kappa shape index (κ1) is 21.7. The van der Waals surface area contributed by atoms with Crippen LogP contribution >= 0.6 is 23.2 Å². The van der Waals surface area contributed by atoms with Crippen LogP contribution in [0, 0.1) is 0 Å². The summed E-state index contributed by atoms with van der Waals surface area (Å²) < 4.78 is 16.0. The summed E-state index contributed by atoms with van der Waals surface area (Å²) in [5.41, 5.74) is 0.771. The molecule has 0 aliphatic rings. The Hall–Kier alpha value is -3.03. The molecule has 0 spiro atoms. The van der Waals surface area contributed by atoms with Crippen molar-refractivity contribution in [2.24, 2.45) is 0 Å². The highest BCUT2D eigenvalue weighted by molar-refractivity contribution is 6.35. The Morgan fingerprint density at radius 3 is 2.67 bits per heavy atom. The third-order valence-electron chi connectivity index (χ3n) is 4.09. The molecule has 0 unspecified atom stereocenters. The van der Waals surface area contributed by atoms with E-state index >= 15 is 0 Å². The van der Waals surface area contributed by atoms with Crippen molar-refractivity contribution >= 4 is 29.1 Å². The number of hydrogen-bond acceptors (Lipinski definition) is 6. The molecule has 3 aromatic rings. The quantitative estimate of drug-likeness (QED) is 0.444. The van der Waals surface area contributed by atoms with Crippen molar-refractivity contribution < 1.29 is 18.8 Å². The van der Waals surface area contributed by atoms with Crippen LogP contribution in [-0.2, 0) is 11.3 Å². The number of carbonyl (C=O) groups is 1. The van der Waals surface area contributed by atoms with E-state index in [9.17, 15) is 4.79 Å². The number of benzene rings is 2. The van der Waals surface area contributed by atoms with E-state index in [2.05, 4.69) is 16.7 Å². The Balaban J connectivity index is 1.65. The molecule has 0 fully saturated rings. The van der Waals surface area contributed by atoms with Crippen molar-refractivity contribution in [2.75, 3.05) is 20.3 Å². The lowest BCUT2D eigenvalue weighted by molar-refractivity contribution is -0.133. The number of aromatic nitrogens is 2. The Morgan fingerprint density at radius 2 is 2.00 bits per heavy atom. The average Bonchev–Trinajstić information content (AvgIpc) is 3.21. The van der Waals surface area contributed by atoms with Crippen LogP contribution in [-0.4, -0.2) is 41.2 Å². The maximum atomic E-state index is 12.6. The van der Waals surface area contributed by atoms with Crippen molar-refractivity contribution in [3.05, 3.63) is 71.1 Å². The number of ether oxygens (including phenoxy) is 2. The van der Waals surface area contributed by atoms with Crippen LogP contribution in [0.15, 0.2) is 59.6 Å². The fourth-order valence-electron chi connectivity index (χ4n) is 2.57. The van der Waals surface area contributed by atoms with E-state index in [-0.39, 0.29) is 25.6 Å². The molecule has 0 aliphatic carbocycles. The molecule has 0 atom stereocenters. The highest BCUT2D eigenvalue weighted by Gasteiger charge is 2.18. The second-order valence-electron chi connectivity index (χ2n) is 6.17. The van der Waals surface area contributed by atoms with E-state index in [1.807, 2.05) is 12.1 Å². The minimum Gasteiger partial charge on any atom is -0.497 e. The van der Waals surface area contributed by atoms with Gasteiger partial charge in [-0.25, -0.2) is 0 Å². The fourth-order valence-corrected chi connectivity index (χ4v) is 3.04. The zero-order valence-corrected chi connectivity index (χ0v) is 17.7. The zero-order valence-electron chi connectivity index (χ0n) is 16.2. The maximum Gasteiger partial charge on any atom is 0.261 e. The van der Waals surface area contributed by atoms with Gasteiger partial charge in [0.05, 0.1) is 12.1 Å². The van der Waals surface area contributed by atoms with Crippen molar-refractivity contribution in [1.82, 2.24) is 15.0 Å². The van der Waals surface area contributed by atoms with Gasteiger partial charge in [0.25, 0.3) is 5.91 Å². The molecule has 0 saturated heterocycles. The summed E-state index contributed by atoms with van der Waals surface area (Å²) in [5, 5.41) is 4.78. The third kappa shape index (κ3) is 5.52. The summed E-state index contributed by atoms with van der Waals surface area (Å²) >= 11 is 11.9. The molecule has 0 bridgehead atoms.